The van der Waals surface area contributed by atoms with Crippen LogP contribution in [-0.2, 0) is 4.79 Å². The van der Waals surface area contributed by atoms with Crippen LogP contribution >= 0.6 is 0 Å². The summed E-state index contributed by atoms with van der Waals surface area (Å²) in [5, 5.41) is 0. The van der Waals surface area contributed by atoms with Crippen molar-refractivity contribution in [1.82, 2.24) is 4.90 Å². The Balaban J connectivity index is 1.83. The Morgan fingerprint density at radius 2 is 1.84 bits per heavy atom. The van der Waals surface area contributed by atoms with Gasteiger partial charge in [-0.3, -0.25) is 4.79 Å². The topological polar surface area (TPSA) is 20.3 Å². The average molecular weight is 265 g/mol. The number of Topliss-reactive ketones (excluding diaryl/α,β-unsaturated/α-hetero) is 1. The molecule has 0 aliphatic carbocycles. The highest BCUT2D eigenvalue weighted by Gasteiger charge is 2.40. The molecule has 2 bridgehead atoms. The van der Waals surface area contributed by atoms with Gasteiger partial charge in [-0.1, -0.05) is 39.5 Å². The lowest BCUT2D eigenvalue weighted by molar-refractivity contribution is -0.126. The smallest absolute Gasteiger partial charge is 0.136 e. The van der Waals surface area contributed by atoms with Crippen molar-refractivity contribution in [1.29, 1.82) is 0 Å². The van der Waals surface area contributed by atoms with Gasteiger partial charge in [0.25, 0.3) is 0 Å². The Labute approximate surface area is 118 Å². The molecule has 2 nitrogen and oxygen atoms in total. The van der Waals surface area contributed by atoms with E-state index in [1.807, 2.05) is 0 Å². The van der Waals surface area contributed by atoms with Crippen LogP contribution in [0.2, 0.25) is 0 Å². The molecule has 0 amide bonds. The zero-order valence-corrected chi connectivity index (χ0v) is 13.0. The zero-order valence-electron chi connectivity index (χ0n) is 13.0. The lowest BCUT2D eigenvalue weighted by Crippen LogP contribution is -2.42. The molecule has 0 radical (unpaired) electrons. The van der Waals surface area contributed by atoms with E-state index >= 15 is 0 Å². The van der Waals surface area contributed by atoms with E-state index < -0.39 is 0 Å². The molecular formula is C17H31NO. The number of piperidine rings is 1. The van der Waals surface area contributed by atoms with Crippen molar-refractivity contribution in [3.8, 4) is 0 Å². The third-order valence-corrected chi connectivity index (χ3v) is 5.59. The Bertz CT molecular complexity index is 288. The number of ketones is 1. The molecule has 2 rings (SSSR count). The highest BCUT2D eigenvalue weighted by molar-refractivity contribution is 5.81. The highest BCUT2D eigenvalue weighted by Crippen LogP contribution is 2.38. The molecule has 0 aromatic carbocycles. The minimum Gasteiger partial charge on any atom is -0.300 e. The molecule has 3 atom stereocenters. The van der Waals surface area contributed by atoms with Gasteiger partial charge in [0, 0.05) is 24.4 Å². The second kappa shape index (κ2) is 6.88. The quantitative estimate of drug-likeness (QED) is 0.692. The molecule has 0 aromatic rings. The first-order valence-electron chi connectivity index (χ1n) is 8.40. The van der Waals surface area contributed by atoms with E-state index in [9.17, 15) is 4.79 Å². The van der Waals surface area contributed by atoms with Crippen molar-refractivity contribution in [3.63, 3.8) is 0 Å². The summed E-state index contributed by atoms with van der Waals surface area (Å²) in [4.78, 5) is 15.1. The van der Waals surface area contributed by atoms with Crippen molar-refractivity contribution < 1.29 is 4.79 Å². The maximum Gasteiger partial charge on any atom is 0.136 e. The summed E-state index contributed by atoms with van der Waals surface area (Å²) in [7, 11) is 2.25. The Kier molecular flexibility index (Phi) is 5.44. The van der Waals surface area contributed by atoms with Crippen LogP contribution in [0.3, 0.4) is 0 Å². The number of hydrogen-bond donors (Lipinski definition) is 0. The molecule has 0 spiro atoms. The first-order chi connectivity index (χ1) is 9.15. The standard InChI is InChI=1S/C17H31NO/c1-4-6-7-13(5-2)10-17(19)14-11-15-8-9-16(12-14)18(15)3/h13-16H,4-12H2,1-3H3. The van der Waals surface area contributed by atoms with Gasteiger partial charge < -0.3 is 4.90 Å². The van der Waals surface area contributed by atoms with Gasteiger partial charge in [-0.05, 0) is 38.6 Å². The number of nitrogens with zero attached hydrogens (tertiary/aromatic N) is 1. The molecule has 0 N–H and O–H groups in total. The minimum atomic E-state index is 0.379. The molecule has 2 heteroatoms. The summed E-state index contributed by atoms with van der Waals surface area (Å²) < 4.78 is 0. The summed E-state index contributed by atoms with van der Waals surface area (Å²) in [6.07, 6.45) is 10.7. The lowest BCUT2D eigenvalue weighted by atomic mass is 9.82. The third-order valence-electron chi connectivity index (χ3n) is 5.59. The van der Waals surface area contributed by atoms with Gasteiger partial charge in [-0.15, -0.1) is 0 Å². The number of hydrogen-bond acceptors (Lipinski definition) is 2. The molecule has 0 saturated carbocycles. The second-order valence-electron chi connectivity index (χ2n) is 6.81. The van der Waals surface area contributed by atoms with Crippen molar-refractivity contribution in [2.45, 2.75) is 83.7 Å². The highest BCUT2D eigenvalue weighted by atomic mass is 16.1. The van der Waals surface area contributed by atoms with Gasteiger partial charge in [-0.25, -0.2) is 0 Å². The summed E-state index contributed by atoms with van der Waals surface area (Å²) in [6.45, 7) is 4.48. The molecule has 19 heavy (non-hydrogen) atoms. The summed E-state index contributed by atoms with van der Waals surface area (Å²) in [5.74, 6) is 1.60. The number of unbranched alkanes of at least 4 members (excludes halogenated alkanes) is 1. The molecule has 2 fully saturated rings. The maximum absolute atomic E-state index is 12.5. The number of fused-ring (bicyclic) bond motifs is 2. The fraction of sp³-hybridized carbons (Fsp3) is 0.941. The van der Waals surface area contributed by atoms with Crippen LogP contribution in [-0.4, -0.2) is 29.8 Å². The average Bonchev–Trinajstić information content (AvgIpc) is 2.65. The van der Waals surface area contributed by atoms with Crippen LogP contribution in [0.15, 0.2) is 0 Å². The fourth-order valence-electron chi connectivity index (χ4n) is 4.07. The molecule has 110 valence electrons. The summed E-state index contributed by atoms with van der Waals surface area (Å²) in [6, 6.07) is 1.40. The van der Waals surface area contributed by atoms with Crippen LogP contribution in [0.4, 0.5) is 0 Å². The van der Waals surface area contributed by atoms with E-state index in [-0.39, 0.29) is 0 Å². The number of rotatable bonds is 7. The van der Waals surface area contributed by atoms with Gasteiger partial charge in [-0.2, -0.15) is 0 Å². The third kappa shape index (κ3) is 3.59. The van der Waals surface area contributed by atoms with E-state index in [1.54, 1.807) is 0 Å². The minimum absolute atomic E-state index is 0.379. The number of carbonyl (C=O) groups excluding carboxylic acids is 1. The monoisotopic (exact) mass is 265 g/mol. The van der Waals surface area contributed by atoms with Crippen LogP contribution < -0.4 is 0 Å². The van der Waals surface area contributed by atoms with E-state index in [0.717, 1.165) is 19.3 Å². The maximum atomic E-state index is 12.5. The van der Waals surface area contributed by atoms with Crippen molar-refractivity contribution in [2.24, 2.45) is 11.8 Å². The van der Waals surface area contributed by atoms with Gasteiger partial charge in [0.2, 0.25) is 0 Å². The lowest BCUT2D eigenvalue weighted by Gasteiger charge is -2.36. The van der Waals surface area contributed by atoms with Crippen molar-refractivity contribution in [2.75, 3.05) is 7.05 Å². The van der Waals surface area contributed by atoms with Gasteiger partial charge >= 0.3 is 0 Å². The fourth-order valence-corrected chi connectivity index (χ4v) is 4.07. The summed E-state index contributed by atoms with van der Waals surface area (Å²) in [5.41, 5.74) is 0. The largest absolute Gasteiger partial charge is 0.300 e. The molecule has 0 aromatic heterocycles. The van der Waals surface area contributed by atoms with E-state index in [0.29, 0.717) is 29.7 Å². The molecule has 3 unspecified atom stereocenters. The van der Waals surface area contributed by atoms with Crippen LogP contribution in [0, 0.1) is 11.8 Å². The second-order valence-corrected chi connectivity index (χ2v) is 6.81. The predicted octanol–water partition coefficient (Wildman–Crippen LogP) is 4.03. The van der Waals surface area contributed by atoms with E-state index in [1.165, 1.54) is 38.5 Å². The Hall–Kier alpha value is -0.370. The SMILES string of the molecule is CCCCC(CC)CC(=O)C1CC2CCC(C1)N2C. The number of carbonyl (C=O) groups is 1. The van der Waals surface area contributed by atoms with Crippen molar-refractivity contribution >= 4 is 5.78 Å². The molecular weight excluding hydrogens is 234 g/mol. The first kappa shape index (κ1) is 15.0. The Morgan fingerprint density at radius 3 is 2.37 bits per heavy atom. The van der Waals surface area contributed by atoms with Crippen LogP contribution in [0.5, 0.6) is 0 Å². The zero-order chi connectivity index (χ0) is 13.8. The van der Waals surface area contributed by atoms with Gasteiger partial charge in [0.05, 0.1) is 0 Å². The van der Waals surface area contributed by atoms with E-state index in [4.69, 9.17) is 0 Å². The molecule has 2 heterocycles. The van der Waals surface area contributed by atoms with Crippen LogP contribution in [0.1, 0.15) is 71.6 Å². The van der Waals surface area contributed by atoms with Gasteiger partial charge in [0.15, 0.2) is 0 Å². The van der Waals surface area contributed by atoms with Crippen LogP contribution in [0.25, 0.3) is 0 Å². The Morgan fingerprint density at radius 1 is 1.21 bits per heavy atom. The molecule has 2 aliphatic heterocycles. The first-order valence-corrected chi connectivity index (χ1v) is 8.40. The summed E-state index contributed by atoms with van der Waals surface area (Å²) >= 11 is 0. The van der Waals surface area contributed by atoms with Crippen molar-refractivity contribution in [3.05, 3.63) is 0 Å². The predicted molar refractivity (Wildman–Crippen MR) is 80.2 cm³/mol. The molecule has 2 saturated heterocycles. The van der Waals surface area contributed by atoms with E-state index in [2.05, 4.69) is 25.8 Å². The normalized spacial score (nSPS) is 32.5. The molecule has 2 aliphatic rings. The van der Waals surface area contributed by atoms with Gasteiger partial charge in [0.1, 0.15) is 5.78 Å².